The van der Waals surface area contributed by atoms with Crippen LogP contribution in [-0.2, 0) is 22.6 Å². The summed E-state index contributed by atoms with van der Waals surface area (Å²) in [6.45, 7) is 1.69. The molecule has 7 heteroatoms. The Labute approximate surface area is 203 Å². The third kappa shape index (κ3) is 3.77. The second-order valence-corrected chi connectivity index (χ2v) is 9.45. The molecule has 1 unspecified atom stereocenters. The number of carbonyl (C=O) groups is 2. The lowest BCUT2D eigenvalue weighted by Crippen LogP contribution is -2.72. The number of para-hydroxylation sites is 2. The van der Waals surface area contributed by atoms with E-state index in [-0.39, 0.29) is 18.4 Å². The molecule has 0 saturated carbocycles. The summed E-state index contributed by atoms with van der Waals surface area (Å²) in [5.41, 5.74) is 2.30. The first-order valence-corrected chi connectivity index (χ1v) is 12.1. The quantitative estimate of drug-likeness (QED) is 0.466. The van der Waals surface area contributed by atoms with E-state index in [1.165, 1.54) is 0 Å². The van der Waals surface area contributed by atoms with Crippen molar-refractivity contribution in [3.63, 3.8) is 0 Å². The SMILES string of the molecule is O=C1C(Cc2c[nH]c3ccccc23)NC(=O)C2(CCN(c3ccccc3)CC2)N1Cc1ccco1. The number of hydrogen-bond acceptors (Lipinski definition) is 4. The highest BCUT2D eigenvalue weighted by Crippen LogP contribution is 2.36. The summed E-state index contributed by atoms with van der Waals surface area (Å²) in [5.74, 6) is 0.560. The molecule has 2 aliphatic heterocycles. The van der Waals surface area contributed by atoms with E-state index in [0.717, 1.165) is 22.2 Å². The van der Waals surface area contributed by atoms with Crippen LogP contribution in [-0.4, -0.2) is 46.4 Å². The van der Waals surface area contributed by atoms with Crippen molar-refractivity contribution in [3.8, 4) is 0 Å². The molecular formula is C28H28N4O3. The highest BCUT2D eigenvalue weighted by molar-refractivity contribution is 6.00. The number of nitrogens with zero attached hydrogens (tertiary/aromatic N) is 2. The molecule has 1 atom stereocenters. The minimum Gasteiger partial charge on any atom is -0.467 e. The van der Waals surface area contributed by atoms with Gasteiger partial charge in [0.05, 0.1) is 12.8 Å². The Hall–Kier alpha value is -4.00. The Balaban J connectivity index is 1.28. The van der Waals surface area contributed by atoms with Gasteiger partial charge >= 0.3 is 0 Å². The predicted molar refractivity (Wildman–Crippen MR) is 134 cm³/mol. The van der Waals surface area contributed by atoms with Crippen LogP contribution in [0.25, 0.3) is 10.9 Å². The number of piperazine rings is 1. The smallest absolute Gasteiger partial charge is 0.246 e. The summed E-state index contributed by atoms with van der Waals surface area (Å²) in [4.78, 5) is 35.0. The van der Waals surface area contributed by atoms with Gasteiger partial charge in [-0.3, -0.25) is 9.59 Å². The Kier molecular flexibility index (Phi) is 5.32. The number of aromatic amines is 1. The van der Waals surface area contributed by atoms with Crippen molar-refractivity contribution in [1.29, 1.82) is 0 Å². The largest absolute Gasteiger partial charge is 0.467 e. The average molecular weight is 469 g/mol. The Morgan fingerprint density at radius 2 is 1.71 bits per heavy atom. The van der Waals surface area contributed by atoms with Gasteiger partial charge in [0.2, 0.25) is 11.8 Å². The van der Waals surface area contributed by atoms with Crippen LogP contribution in [0.3, 0.4) is 0 Å². The third-order valence-electron chi connectivity index (χ3n) is 7.51. The number of fused-ring (bicyclic) bond motifs is 1. The monoisotopic (exact) mass is 468 g/mol. The summed E-state index contributed by atoms with van der Waals surface area (Å²) in [7, 11) is 0. The zero-order valence-corrected chi connectivity index (χ0v) is 19.4. The molecule has 0 aliphatic carbocycles. The van der Waals surface area contributed by atoms with Crippen LogP contribution in [0.5, 0.6) is 0 Å². The molecule has 2 aromatic carbocycles. The maximum absolute atomic E-state index is 13.9. The highest BCUT2D eigenvalue weighted by atomic mass is 16.3. The van der Waals surface area contributed by atoms with Gasteiger partial charge in [0.25, 0.3) is 0 Å². The van der Waals surface area contributed by atoms with Gasteiger partial charge in [0.15, 0.2) is 0 Å². The van der Waals surface area contributed by atoms with Gasteiger partial charge in [0, 0.05) is 42.3 Å². The van der Waals surface area contributed by atoms with Gasteiger partial charge in [-0.25, -0.2) is 0 Å². The number of nitrogens with one attached hydrogen (secondary N) is 2. The Morgan fingerprint density at radius 1 is 0.943 bits per heavy atom. The zero-order valence-electron chi connectivity index (χ0n) is 19.4. The number of H-pyrrole nitrogens is 1. The third-order valence-corrected chi connectivity index (χ3v) is 7.51. The zero-order chi connectivity index (χ0) is 23.8. The maximum atomic E-state index is 13.9. The Bertz CT molecular complexity index is 1340. The molecule has 2 amide bonds. The van der Waals surface area contributed by atoms with Crippen molar-refractivity contribution in [3.05, 3.63) is 90.5 Å². The van der Waals surface area contributed by atoms with Crippen molar-refractivity contribution in [2.75, 3.05) is 18.0 Å². The van der Waals surface area contributed by atoms with Gasteiger partial charge in [-0.1, -0.05) is 36.4 Å². The molecular weight excluding hydrogens is 440 g/mol. The van der Waals surface area contributed by atoms with E-state index in [2.05, 4.69) is 27.3 Å². The topological polar surface area (TPSA) is 81.6 Å². The Morgan fingerprint density at radius 3 is 2.49 bits per heavy atom. The summed E-state index contributed by atoms with van der Waals surface area (Å²) in [6.07, 6.45) is 5.12. The van der Waals surface area contributed by atoms with Crippen LogP contribution in [0.15, 0.2) is 83.6 Å². The molecule has 6 rings (SSSR count). The van der Waals surface area contributed by atoms with Crippen molar-refractivity contribution in [2.45, 2.75) is 37.4 Å². The maximum Gasteiger partial charge on any atom is 0.246 e. The van der Waals surface area contributed by atoms with E-state index in [4.69, 9.17) is 4.42 Å². The molecule has 178 valence electrons. The van der Waals surface area contributed by atoms with E-state index in [9.17, 15) is 9.59 Å². The number of rotatable bonds is 5. The fourth-order valence-electron chi connectivity index (χ4n) is 5.59. The molecule has 2 aliphatic rings. The average Bonchev–Trinajstić information content (AvgIpc) is 3.56. The first-order valence-electron chi connectivity index (χ1n) is 12.1. The van der Waals surface area contributed by atoms with E-state index in [1.54, 1.807) is 11.2 Å². The van der Waals surface area contributed by atoms with E-state index in [1.807, 2.05) is 60.8 Å². The molecule has 0 bridgehead atoms. The highest BCUT2D eigenvalue weighted by Gasteiger charge is 2.53. The number of piperidine rings is 1. The number of furan rings is 1. The van der Waals surface area contributed by atoms with Gasteiger partial charge in [-0.15, -0.1) is 0 Å². The predicted octanol–water partition coefficient (Wildman–Crippen LogP) is 3.87. The second kappa shape index (κ2) is 8.65. The van der Waals surface area contributed by atoms with Gasteiger partial charge in [-0.2, -0.15) is 0 Å². The number of carbonyl (C=O) groups excluding carboxylic acids is 2. The molecule has 4 heterocycles. The summed E-state index contributed by atoms with van der Waals surface area (Å²) in [6, 6.07) is 21.3. The van der Waals surface area contributed by atoms with Crippen LogP contribution in [0, 0.1) is 0 Å². The van der Waals surface area contributed by atoms with Crippen LogP contribution in [0.1, 0.15) is 24.2 Å². The number of hydrogen-bond donors (Lipinski definition) is 2. The standard InChI is InChI=1S/C28H28N4O3/c33-26-25(17-20-18-29-24-11-5-4-10-23(20)24)30-27(34)28(32(26)19-22-9-6-16-35-22)12-14-31(15-13-28)21-7-2-1-3-8-21/h1-11,16,18,25,29H,12-15,17,19H2,(H,30,34). The molecule has 2 saturated heterocycles. The lowest BCUT2D eigenvalue weighted by molar-refractivity contribution is -0.160. The minimum absolute atomic E-state index is 0.0561. The number of aromatic nitrogens is 1. The summed E-state index contributed by atoms with van der Waals surface area (Å²) < 4.78 is 5.60. The van der Waals surface area contributed by atoms with E-state index < -0.39 is 11.6 Å². The van der Waals surface area contributed by atoms with Gasteiger partial charge < -0.3 is 24.5 Å². The molecule has 2 N–H and O–H groups in total. The van der Waals surface area contributed by atoms with Crippen molar-refractivity contribution in [2.24, 2.45) is 0 Å². The summed E-state index contributed by atoms with van der Waals surface area (Å²) >= 11 is 0. The van der Waals surface area contributed by atoms with Crippen LogP contribution in [0.4, 0.5) is 5.69 Å². The normalized spacial score (nSPS) is 19.9. The molecule has 1 spiro atoms. The molecule has 2 aromatic heterocycles. The number of anilines is 1. The number of amides is 2. The molecule has 2 fully saturated rings. The van der Waals surface area contributed by atoms with Crippen molar-refractivity contribution in [1.82, 2.24) is 15.2 Å². The summed E-state index contributed by atoms with van der Waals surface area (Å²) in [5, 5.41) is 4.17. The minimum atomic E-state index is -0.883. The molecule has 35 heavy (non-hydrogen) atoms. The first kappa shape index (κ1) is 21.5. The second-order valence-electron chi connectivity index (χ2n) is 9.45. The fraction of sp³-hybridized carbons (Fsp3) is 0.286. The number of benzene rings is 2. The van der Waals surface area contributed by atoms with Crippen LogP contribution < -0.4 is 10.2 Å². The van der Waals surface area contributed by atoms with E-state index >= 15 is 0 Å². The first-order chi connectivity index (χ1) is 17.1. The van der Waals surface area contributed by atoms with Crippen molar-refractivity contribution < 1.29 is 14.0 Å². The van der Waals surface area contributed by atoms with Crippen molar-refractivity contribution >= 4 is 28.4 Å². The van der Waals surface area contributed by atoms with Crippen LogP contribution in [0.2, 0.25) is 0 Å². The molecule has 7 nitrogen and oxygen atoms in total. The van der Waals surface area contributed by atoms with Gasteiger partial charge in [0.1, 0.15) is 17.3 Å². The van der Waals surface area contributed by atoms with Gasteiger partial charge in [-0.05, 0) is 48.7 Å². The molecule has 0 radical (unpaired) electrons. The lowest BCUT2D eigenvalue weighted by Gasteiger charge is -2.51. The lowest BCUT2D eigenvalue weighted by atomic mass is 9.81. The fourth-order valence-corrected chi connectivity index (χ4v) is 5.59. The van der Waals surface area contributed by atoms with Crippen LogP contribution >= 0.6 is 0 Å². The van der Waals surface area contributed by atoms with E-state index in [0.29, 0.717) is 38.1 Å². The molecule has 4 aromatic rings.